The van der Waals surface area contributed by atoms with Gasteiger partial charge in [-0.25, -0.2) is 4.79 Å². The Morgan fingerprint density at radius 2 is 2.19 bits per heavy atom. The first-order chi connectivity index (χ1) is 7.45. The van der Waals surface area contributed by atoms with E-state index >= 15 is 0 Å². The average Bonchev–Trinajstić information content (AvgIpc) is 2.16. The van der Waals surface area contributed by atoms with Crippen molar-refractivity contribution in [3.8, 4) is 11.8 Å². The molecule has 0 spiro atoms. The largest absolute Gasteiger partial charge is 0.478 e. The van der Waals surface area contributed by atoms with E-state index in [9.17, 15) is 13.6 Å². The van der Waals surface area contributed by atoms with Crippen molar-refractivity contribution in [2.24, 2.45) is 0 Å². The van der Waals surface area contributed by atoms with E-state index in [4.69, 9.17) is 10.4 Å². The summed E-state index contributed by atoms with van der Waals surface area (Å²) in [5.41, 5.74) is -0.315. The standard InChI is InChI=1S/C9H4F2INO3/c10-9(11)16-7-2-4(8(14)15)1-6(12)5(7)3-13/h1-2,9H,(H,14,15). The number of carboxylic acids is 1. The number of aromatic carboxylic acids is 1. The van der Waals surface area contributed by atoms with Crippen LogP contribution in [0.5, 0.6) is 5.75 Å². The van der Waals surface area contributed by atoms with Crippen molar-refractivity contribution in [2.45, 2.75) is 6.61 Å². The van der Waals surface area contributed by atoms with Gasteiger partial charge in [0.25, 0.3) is 0 Å². The highest BCUT2D eigenvalue weighted by Gasteiger charge is 2.16. The van der Waals surface area contributed by atoms with Crippen molar-refractivity contribution in [1.29, 1.82) is 5.26 Å². The van der Waals surface area contributed by atoms with E-state index in [0.29, 0.717) is 0 Å². The van der Waals surface area contributed by atoms with Crippen molar-refractivity contribution < 1.29 is 23.4 Å². The topological polar surface area (TPSA) is 70.3 Å². The molecule has 16 heavy (non-hydrogen) atoms. The normalized spacial score (nSPS) is 9.94. The van der Waals surface area contributed by atoms with Crippen molar-refractivity contribution in [3.63, 3.8) is 0 Å². The molecule has 0 aliphatic rings. The second kappa shape index (κ2) is 5.07. The van der Waals surface area contributed by atoms with E-state index in [1.807, 2.05) is 0 Å². The lowest BCUT2D eigenvalue weighted by atomic mass is 10.1. The van der Waals surface area contributed by atoms with Crippen LogP contribution in [-0.4, -0.2) is 17.7 Å². The third-order valence-electron chi connectivity index (χ3n) is 1.63. The third kappa shape index (κ3) is 2.79. The molecule has 0 unspecified atom stereocenters. The summed E-state index contributed by atoms with van der Waals surface area (Å²) < 4.78 is 28.4. The summed E-state index contributed by atoms with van der Waals surface area (Å²) in [7, 11) is 0. The van der Waals surface area contributed by atoms with E-state index in [1.54, 1.807) is 28.7 Å². The number of hydrogen-bond acceptors (Lipinski definition) is 3. The fourth-order valence-corrected chi connectivity index (χ4v) is 1.72. The van der Waals surface area contributed by atoms with E-state index in [-0.39, 0.29) is 14.7 Å². The van der Waals surface area contributed by atoms with Crippen LogP contribution < -0.4 is 4.74 Å². The van der Waals surface area contributed by atoms with E-state index < -0.39 is 18.3 Å². The SMILES string of the molecule is N#Cc1c(I)cc(C(=O)O)cc1OC(F)F. The van der Waals surface area contributed by atoms with Gasteiger partial charge < -0.3 is 9.84 Å². The molecule has 0 heterocycles. The van der Waals surface area contributed by atoms with Crippen LogP contribution in [0.25, 0.3) is 0 Å². The minimum Gasteiger partial charge on any atom is -0.478 e. The van der Waals surface area contributed by atoms with Crippen LogP contribution in [0.3, 0.4) is 0 Å². The first-order valence-corrected chi connectivity index (χ1v) is 4.95. The molecule has 1 N–H and O–H groups in total. The molecule has 84 valence electrons. The fourth-order valence-electron chi connectivity index (χ4n) is 1.00. The van der Waals surface area contributed by atoms with Crippen molar-refractivity contribution in [1.82, 2.24) is 0 Å². The molecular formula is C9H4F2INO3. The summed E-state index contributed by atoms with van der Waals surface area (Å²) in [6.45, 7) is -3.10. The fraction of sp³-hybridized carbons (Fsp3) is 0.111. The van der Waals surface area contributed by atoms with Gasteiger partial charge in [-0.05, 0) is 34.7 Å². The summed E-state index contributed by atoms with van der Waals surface area (Å²) in [4.78, 5) is 10.7. The Labute approximate surface area is 103 Å². The van der Waals surface area contributed by atoms with Gasteiger partial charge in [0.2, 0.25) is 0 Å². The second-order valence-corrected chi connectivity index (χ2v) is 3.79. The monoisotopic (exact) mass is 339 g/mol. The molecule has 0 fully saturated rings. The van der Waals surface area contributed by atoms with Crippen LogP contribution in [0.2, 0.25) is 0 Å². The van der Waals surface area contributed by atoms with Gasteiger partial charge in [0.15, 0.2) is 0 Å². The van der Waals surface area contributed by atoms with Gasteiger partial charge in [-0.1, -0.05) is 0 Å². The van der Waals surface area contributed by atoms with Gasteiger partial charge in [-0.3, -0.25) is 0 Å². The van der Waals surface area contributed by atoms with Gasteiger partial charge in [0.1, 0.15) is 17.4 Å². The second-order valence-electron chi connectivity index (χ2n) is 2.63. The highest BCUT2D eigenvalue weighted by molar-refractivity contribution is 14.1. The molecule has 1 rings (SSSR count). The number of alkyl halides is 2. The Morgan fingerprint density at radius 1 is 1.56 bits per heavy atom. The maximum absolute atomic E-state index is 12.0. The number of hydrogen-bond donors (Lipinski definition) is 1. The molecule has 0 atom stereocenters. The highest BCUT2D eigenvalue weighted by atomic mass is 127. The van der Waals surface area contributed by atoms with E-state index in [0.717, 1.165) is 6.07 Å². The summed E-state index contributed by atoms with van der Waals surface area (Å²) in [5.74, 6) is -1.71. The smallest absolute Gasteiger partial charge is 0.387 e. The minimum absolute atomic E-state index is 0.106. The molecule has 0 amide bonds. The highest BCUT2D eigenvalue weighted by Crippen LogP contribution is 2.27. The lowest BCUT2D eigenvalue weighted by molar-refractivity contribution is -0.0501. The molecule has 0 bridgehead atoms. The minimum atomic E-state index is -3.10. The number of carboxylic acid groups (broad SMARTS) is 1. The predicted molar refractivity (Wildman–Crippen MR) is 57.5 cm³/mol. The Bertz CT molecular complexity index is 471. The maximum Gasteiger partial charge on any atom is 0.387 e. The first-order valence-electron chi connectivity index (χ1n) is 3.87. The first kappa shape index (κ1) is 12.6. The summed E-state index contributed by atoms with van der Waals surface area (Å²) in [5, 5.41) is 17.4. The van der Waals surface area contributed by atoms with Crippen molar-refractivity contribution >= 4 is 28.6 Å². The van der Waals surface area contributed by atoms with E-state index in [2.05, 4.69) is 4.74 Å². The molecule has 7 heteroatoms. The Balaban J connectivity index is 3.32. The quantitative estimate of drug-likeness (QED) is 0.859. The van der Waals surface area contributed by atoms with Crippen LogP contribution in [0, 0.1) is 14.9 Å². The van der Waals surface area contributed by atoms with Crippen molar-refractivity contribution in [2.75, 3.05) is 0 Å². The molecule has 4 nitrogen and oxygen atoms in total. The van der Waals surface area contributed by atoms with E-state index in [1.165, 1.54) is 6.07 Å². The molecule has 0 aromatic heterocycles. The molecule has 0 radical (unpaired) electrons. The zero-order valence-corrected chi connectivity index (χ0v) is 9.73. The molecule has 0 aliphatic heterocycles. The molecular weight excluding hydrogens is 335 g/mol. The Morgan fingerprint density at radius 3 is 2.62 bits per heavy atom. The lowest BCUT2D eigenvalue weighted by Gasteiger charge is -2.08. The predicted octanol–water partition coefficient (Wildman–Crippen LogP) is 2.46. The number of nitrogens with zero attached hydrogens (tertiary/aromatic N) is 1. The van der Waals surface area contributed by atoms with Gasteiger partial charge >= 0.3 is 12.6 Å². The summed E-state index contributed by atoms with van der Waals surface area (Å²) in [6.07, 6.45) is 0. The van der Waals surface area contributed by atoms with Crippen molar-refractivity contribution in [3.05, 3.63) is 26.8 Å². The zero-order valence-electron chi connectivity index (χ0n) is 7.58. The number of benzene rings is 1. The van der Waals surface area contributed by atoms with Crippen LogP contribution in [0.4, 0.5) is 8.78 Å². The van der Waals surface area contributed by atoms with Crippen LogP contribution in [0.1, 0.15) is 15.9 Å². The summed E-state index contributed by atoms with van der Waals surface area (Å²) >= 11 is 1.68. The molecule has 0 aliphatic carbocycles. The van der Waals surface area contributed by atoms with Gasteiger partial charge in [0.05, 0.1) is 5.56 Å². The number of halogens is 3. The molecule has 0 saturated heterocycles. The van der Waals surface area contributed by atoms with Gasteiger partial charge in [0, 0.05) is 3.57 Å². The Hall–Kier alpha value is -1.43. The molecule has 1 aromatic rings. The van der Waals surface area contributed by atoms with Gasteiger partial charge in [-0.15, -0.1) is 0 Å². The number of nitriles is 1. The molecule has 0 saturated carbocycles. The summed E-state index contributed by atoms with van der Waals surface area (Å²) in [6, 6.07) is 3.78. The van der Waals surface area contributed by atoms with Gasteiger partial charge in [-0.2, -0.15) is 14.0 Å². The zero-order chi connectivity index (χ0) is 12.3. The van der Waals surface area contributed by atoms with Crippen LogP contribution in [-0.2, 0) is 0 Å². The number of carbonyl (C=O) groups is 1. The lowest BCUT2D eigenvalue weighted by Crippen LogP contribution is -2.07. The molecule has 1 aromatic carbocycles. The Kier molecular flexibility index (Phi) is 4.00. The average molecular weight is 339 g/mol. The number of ether oxygens (including phenoxy) is 1. The third-order valence-corrected chi connectivity index (χ3v) is 2.48. The number of rotatable bonds is 3. The van der Waals surface area contributed by atoms with Crippen LogP contribution in [0.15, 0.2) is 12.1 Å². The van der Waals surface area contributed by atoms with Crippen LogP contribution >= 0.6 is 22.6 Å². The maximum atomic E-state index is 12.0.